The Bertz CT molecular complexity index is 550. The number of hydrogen-bond acceptors (Lipinski definition) is 4. The lowest BCUT2D eigenvalue weighted by Gasteiger charge is -2.34. The van der Waals surface area contributed by atoms with Gasteiger partial charge in [0.15, 0.2) is 11.5 Å². The molecule has 7 heteroatoms. The predicted molar refractivity (Wildman–Crippen MR) is 76.7 cm³/mol. The third-order valence-corrected chi connectivity index (χ3v) is 4.52. The Morgan fingerprint density at radius 3 is 2.39 bits per heavy atom. The number of alkyl halides is 3. The summed E-state index contributed by atoms with van der Waals surface area (Å²) in [6.07, 6.45) is -1.35. The van der Waals surface area contributed by atoms with Crippen LogP contribution in [0.2, 0.25) is 0 Å². The maximum absolute atomic E-state index is 12.8. The van der Waals surface area contributed by atoms with Gasteiger partial charge in [-0.15, -0.1) is 0 Å². The van der Waals surface area contributed by atoms with Crippen molar-refractivity contribution in [1.29, 1.82) is 0 Å². The van der Waals surface area contributed by atoms with E-state index in [0.29, 0.717) is 18.6 Å². The Morgan fingerprint density at radius 2 is 1.83 bits per heavy atom. The molecule has 2 fully saturated rings. The second-order valence-corrected chi connectivity index (χ2v) is 6.07. The van der Waals surface area contributed by atoms with Crippen molar-refractivity contribution in [2.45, 2.75) is 57.0 Å². The van der Waals surface area contributed by atoms with E-state index in [9.17, 15) is 18.4 Å². The highest BCUT2D eigenvalue weighted by Crippen LogP contribution is 2.40. The maximum Gasteiger partial charge on any atom is 0.416 e. The minimum absolute atomic E-state index is 0.0729. The molecular weight excluding hydrogens is 311 g/mol. The van der Waals surface area contributed by atoms with Crippen LogP contribution >= 0.6 is 0 Å². The fourth-order valence-electron chi connectivity index (χ4n) is 3.43. The minimum Gasteiger partial charge on any atom is -0.490 e. The molecule has 0 spiro atoms. The first-order valence-corrected chi connectivity index (χ1v) is 7.86. The fourth-order valence-corrected chi connectivity index (χ4v) is 3.43. The molecule has 2 saturated heterocycles. The summed E-state index contributed by atoms with van der Waals surface area (Å²) in [5.41, 5.74) is -0.751. The molecule has 0 radical (unpaired) electrons. The van der Waals surface area contributed by atoms with Crippen molar-refractivity contribution in [1.82, 2.24) is 5.06 Å². The number of benzene rings is 1. The summed E-state index contributed by atoms with van der Waals surface area (Å²) in [5, 5.41) is 11.3. The predicted octanol–water partition coefficient (Wildman–Crippen LogP) is 3.87. The molecule has 2 aliphatic rings. The number of hydrogen-bond donors (Lipinski definition) is 1. The van der Waals surface area contributed by atoms with Crippen LogP contribution in [0, 0.1) is 0 Å². The van der Waals surface area contributed by atoms with Crippen molar-refractivity contribution in [3.63, 3.8) is 0 Å². The lowest BCUT2D eigenvalue weighted by molar-refractivity contribution is -0.164. The minimum atomic E-state index is -4.41. The average Bonchev–Trinajstić information content (AvgIpc) is 2.71. The SMILES string of the molecule is CCOc1cc(C(F)(F)F)ccc1OC1C[C@H]2CC[C@H](C1)N2O. The molecule has 4 nitrogen and oxygen atoms in total. The van der Waals surface area contributed by atoms with Crippen molar-refractivity contribution >= 4 is 0 Å². The molecule has 2 atom stereocenters. The van der Waals surface area contributed by atoms with Crippen molar-refractivity contribution in [2.24, 2.45) is 0 Å². The summed E-state index contributed by atoms with van der Waals surface area (Å²) in [5.74, 6) is 0.441. The summed E-state index contributed by atoms with van der Waals surface area (Å²) < 4.78 is 49.7. The lowest BCUT2D eigenvalue weighted by atomic mass is 10.0. The van der Waals surface area contributed by atoms with E-state index in [0.717, 1.165) is 25.0 Å². The molecule has 2 aliphatic heterocycles. The van der Waals surface area contributed by atoms with E-state index in [4.69, 9.17) is 9.47 Å². The van der Waals surface area contributed by atoms with E-state index < -0.39 is 11.7 Å². The lowest BCUT2D eigenvalue weighted by Crippen LogP contribution is -2.44. The van der Waals surface area contributed by atoms with Crippen LogP contribution < -0.4 is 9.47 Å². The van der Waals surface area contributed by atoms with Gasteiger partial charge in [-0.25, -0.2) is 0 Å². The van der Waals surface area contributed by atoms with Crippen LogP contribution in [0.4, 0.5) is 13.2 Å². The maximum atomic E-state index is 12.8. The summed E-state index contributed by atoms with van der Waals surface area (Å²) >= 11 is 0. The first kappa shape index (κ1) is 16.4. The summed E-state index contributed by atoms with van der Waals surface area (Å²) in [6, 6.07) is 3.45. The molecule has 0 aliphatic carbocycles. The van der Waals surface area contributed by atoms with Gasteiger partial charge in [-0.2, -0.15) is 18.2 Å². The Kier molecular flexibility index (Phi) is 4.42. The van der Waals surface area contributed by atoms with E-state index in [1.165, 1.54) is 11.1 Å². The average molecular weight is 331 g/mol. The molecular formula is C16H20F3NO3. The van der Waals surface area contributed by atoms with Gasteiger partial charge in [0.2, 0.25) is 0 Å². The Balaban J connectivity index is 1.77. The summed E-state index contributed by atoms with van der Waals surface area (Å²) in [6.45, 7) is 1.98. The molecule has 128 valence electrons. The van der Waals surface area contributed by atoms with Crippen molar-refractivity contribution < 1.29 is 27.9 Å². The number of hydroxylamine groups is 2. The quantitative estimate of drug-likeness (QED) is 0.909. The molecule has 0 amide bonds. The topological polar surface area (TPSA) is 41.9 Å². The molecule has 0 unspecified atom stereocenters. The van der Waals surface area contributed by atoms with Crippen LogP contribution in [-0.2, 0) is 6.18 Å². The molecule has 1 aromatic carbocycles. The van der Waals surface area contributed by atoms with E-state index >= 15 is 0 Å². The normalized spacial score (nSPS) is 28.0. The standard InChI is InChI=1S/C16H20F3NO3/c1-2-22-15-7-10(16(17,18)19)3-6-14(15)23-13-8-11-4-5-12(9-13)20(11)21/h3,6-7,11-13,21H,2,4-5,8-9H2,1H3/t11-,12-/m1/s1. The van der Waals surface area contributed by atoms with Gasteiger partial charge in [0, 0.05) is 24.9 Å². The molecule has 2 heterocycles. The van der Waals surface area contributed by atoms with Gasteiger partial charge in [-0.05, 0) is 38.0 Å². The second-order valence-electron chi connectivity index (χ2n) is 6.07. The van der Waals surface area contributed by atoms with Gasteiger partial charge in [-0.3, -0.25) is 0 Å². The molecule has 1 N–H and O–H groups in total. The van der Waals surface area contributed by atoms with Crippen molar-refractivity contribution in [2.75, 3.05) is 6.61 Å². The highest BCUT2D eigenvalue weighted by Gasteiger charge is 2.41. The van der Waals surface area contributed by atoms with E-state index in [2.05, 4.69) is 0 Å². The first-order valence-electron chi connectivity index (χ1n) is 7.86. The molecule has 2 bridgehead atoms. The monoisotopic (exact) mass is 331 g/mol. The van der Waals surface area contributed by atoms with Crippen LogP contribution in [-0.4, -0.2) is 35.1 Å². The van der Waals surface area contributed by atoms with Gasteiger partial charge >= 0.3 is 6.18 Å². The Morgan fingerprint density at radius 1 is 1.17 bits per heavy atom. The first-order chi connectivity index (χ1) is 10.9. The van der Waals surface area contributed by atoms with Crippen molar-refractivity contribution in [3.8, 4) is 11.5 Å². The zero-order chi connectivity index (χ0) is 16.6. The van der Waals surface area contributed by atoms with Crippen LogP contribution in [0.5, 0.6) is 11.5 Å². The van der Waals surface area contributed by atoms with Crippen LogP contribution in [0.1, 0.15) is 38.2 Å². The van der Waals surface area contributed by atoms with Crippen molar-refractivity contribution in [3.05, 3.63) is 23.8 Å². The molecule has 0 aromatic heterocycles. The Hall–Kier alpha value is -1.47. The number of nitrogens with zero attached hydrogens (tertiary/aromatic N) is 1. The Labute approximate surface area is 132 Å². The van der Waals surface area contributed by atoms with Gasteiger partial charge in [-0.1, -0.05) is 0 Å². The molecule has 1 aromatic rings. The third kappa shape index (κ3) is 3.40. The number of piperidine rings is 1. The molecule has 0 saturated carbocycles. The highest BCUT2D eigenvalue weighted by atomic mass is 19.4. The second kappa shape index (κ2) is 6.20. The van der Waals surface area contributed by atoms with Gasteiger partial charge in [0.1, 0.15) is 6.10 Å². The number of halogens is 3. The highest BCUT2D eigenvalue weighted by molar-refractivity contribution is 5.44. The fraction of sp³-hybridized carbons (Fsp3) is 0.625. The van der Waals surface area contributed by atoms with Crippen LogP contribution in [0.25, 0.3) is 0 Å². The largest absolute Gasteiger partial charge is 0.490 e. The molecule has 23 heavy (non-hydrogen) atoms. The van der Waals surface area contributed by atoms with Crippen LogP contribution in [0.15, 0.2) is 18.2 Å². The summed E-state index contributed by atoms with van der Waals surface area (Å²) in [4.78, 5) is 0. The number of rotatable bonds is 4. The zero-order valence-electron chi connectivity index (χ0n) is 12.8. The molecule has 3 rings (SSSR count). The number of ether oxygens (including phenoxy) is 2. The van der Waals surface area contributed by atoms with E-state index in [1.807, 2.05) is 0 Å². The third-order valence-electron chi connectivity index (χ3n) is 4.52. The van der Waals surface area contributed by atoms with Gasteiger partial charge in [0.05, 0.1) is 12.2 Å². The van der Waals surface area contributed by atoms with Gasteiger partial charge in [0.25, 0.3) is 0 Å². The smallest absolute Gasteiger partial charge is 0.416 e. The van der Waals surface area contributed by atoms with E-state index in [-0.39, 0.29) is 30.5 Å². The van der Waals surface area contributed by atoms with Gasteiger partial charge < -0.3 is 14.7 Å². The number of fused-ring (bicyclic) bond motifs is 2. The summed E-state index contributed by atoms with van der Waals surface area (Å²) in [7, 11) is 0. The zero-order valence-corrected chi connectivity index (χ0v) is 12.8. The van der Waals surface area contributed by atoms with E-state index in [1.54, 1.807) is 6.92 Å². The van der Waals surface area contributed by atoms with Crippen LogP contribution in [0.3, 0.4) is 0 Å².